The van der Waals surface area contributed by atoms with Crippen LogP contribution in [0.2, 0.25) is 0 Å². The molecule has 1 aliphatic carbocycles. The third kappa shape index (κ3) is 3.03. The average molecular weight is 270 g/mol. The lowest BCUT2D eigenvalue weighted by Gasteiger charge is -2.18. The molecule has 106 valence electrons. The van der Waals surface area contributed by atoms with Crippen molar-refractivity contribution in [2.75, 3.05) is 24.5 Å². The number of amides is 1. The van der Waals surface area contributed by atoms with Crippen molar-refractivity contribution in [3.05, 3.63) is 42.5 Å². The summed E-state index contributed by atoms with van der Waals surface area (Å²) >= 11 is 0. The Morgan fingerprint density at radius 3 is 2.70 bits per heavy atom. The second-order valence-corrected chi connectivity index (χ2v) is 5.95. The van der Waals surface area contributed by atoms with Gasteiger partial charge in [-0.2, -0.15) is 0 Å². The van der Waals surface area contributed by atoms with Gasteiger partial charge in [0.05, 0.1) is 0 Å². The van der Waals surface area contributed by atoms with Gasteiger partial charge in [-0.05, 0) is 43.2 Å². The van der Waals surface area contributed by atoms with Gasteiger partial charge in [-0.3, -0.25) is 4.79 Å². The number of nitrogens with zero attached hydrogens (tertiary/aromatic N) is 1. The van der Waals surface area contributed by atoms with Crippen molar-refractivity contribution in [1.29, 1.82) is 0 Å². The summed E-state index contributed by atoms with van der Waals surface area (Å²) in [4.78, 5) is 14.3. The number of carbonyl (C=O) groups excluding carboxylic acids is 1. The Hall–Kier alpha value is -1.77. The van der Waals surface area contributed by atoms with Gasteiger partial charge in [0.15, 0.2) is 0 Å². The minimum Gasteiger partial charge on any atom is -0.371 e. The molecule has 20 heavy (non-hydrogen) atoms. The normalized spacial score (nSPS) is 21.8. The molecule has 0 radical (unpaired) electrons. The van der Waals surface area contributed by atoms with Gasteiger partial charge < -0.3 is 10.2 Å². The van der Waals surface area contributed by atoms with Gasteiger partial charge in [-0.25, -0.2) is 0 Å². The van der Waals surface area contributed by atoms with Gasteiger partial charge in [0.25, 0.3) is 0 Å². The molecule has 0 bridgehead atoms. The van der Waals surface area contributed by atoms with E-state index in [0.717, 1.165) is 44.5 Å². The van der Waals surface area contributed by atoms with Crippen molar-refractivity contribution in [3.63, 3.8) is 0 Å². The second-order valence-electron chi connectivity index (χ2n) is 5.95. The van der Waals surface area contributed by atoms with E-state index in [1.807, 2.05) is 6.07 Å². The van der Waals surface area contributed by atoms with Gasteiger partial charge in [0, 0.05) is 30.9 Å². The SMILES string of the molecule is C=C(C(=O)NCC1CCN(c2ccccc2)C1)C1CC1. The summed E-state index contributed by atoms with van der Waals surface area (Å²) in [7, 11) is 0. The van der Waals surface area contributed by atoms with Crippen molar-refractivity contribution >= 4 is 11.6 Å². The fourth-order valence-electron chi connectivity index (χ4n) is 2.84. The largest absolute Gasteiger partial charge is 0.371 e. The third-order valence-corrected chi connectivity index (χ3v) is 4.32. The molecule has 1 saturated heterocycles. The lowest BCUT2D eigenvalue weighted by atomic mass is 10.1. The molecule has 1 aromatic carbocycles. The molecule has 1 atom stereocenters. The highest BCUT2D eigenvalue weighted by molar-refractivity contribution is 5.93. The molecular weight excluding hydrogens is 248 g/mol. The van der Waals surface area contributed by atoms with E-state index < -0.39 is 0 Å². The number of benzene rings is 1. The minimum absolute atomic E-state index is 0.0608. The summed E-state index contributed by atoms with van der Waals surface area (Å²) in [5.74, 6) is 1.07. The number of rotatable bonds is 5. The Balaban J connectivity index is 1.46. The highest BCUT2D eigenvalue weighted by Gasteiger charge is 2.29. The molecule has 3 rings (SSSR count). The Morgan fingerprint density at radius 1 is 1.25 bits per heavy atom. The van der Waals surface area contributed by atoms with Crippen LogP contribution in [-0.2, 0) is 4.79 Å². The van der Waals surface area contributed by atoms with E-state index in [1.165, 1.54) is 5.69 Å². The Kier molecular flexibility index (Phi) is 3.77. The van der Waals surface area contributed by atoms with Crippen LogP contribution in [0.5, 0.6) is 0 Å². The van der Waals surface area contributed by atoms with E-state index in [2.05, 4.69) is 41.1 Å². The Labute approximate surface area is 120 Å². The van der Waals surface area contributed by atoms with E-state index >= 15 is 0 Å². The smallest absolute Gasteiger partial charge is 0.246 e. The quantitative estimate of drug-likeness (QED) is 0.834. The Bertz CT molecular complexity index is 493. The number of nitrogens with one attached hydrogen (secondary N) is 1. The first-order valence-corrected chi connectivity index (χ1v) is 7.51. The fraction of sp³-hybridized carbons (Fsp3) is 0.471. The zero-order chi connectivity index (χ0) is 13.9. The number of carbonyl (C=O) groups is 1. The molecule has 3 heteroatoms. The van der Waals surface area contributed by atoms with Crippen LogP contribution in [0.1, 0.15) is 19.3 Å². The van der Waals surface area contributed by atoms with E-state index in [-0.39, 0.29) is 5.91 Å². The summed E-state index contributed by atoms with van der Waals surface area (Å²) in [6.07, 6.45) is 3.42. The van der Waals surface area contributed by atoms with E-state index in [0.29, 0.717) is 11.8 Å². The topological polar surface area (TPSA) is 32.3 Å². The molecule has 1 amide bonds. The molecule has 2 fully saturated rings. The molecule has 0 aromatic heterocycles. The maximum absolute atomic E-state index is 11.9. The second kappa shape index (κ2) is 5.70. The highest BCUT2D eigenvalue weighted by Crippen LogP contribution is 2.35. The van der Waals surface area contributed by atoms with E-state index in [4.69, 9.17) is 0 Å². The summed E-state index contributed by atoms with van der Waals surface area (Å²) in [6, 6.07) is 10.5. The number of anilines is 1. The zero-order valence-electron chi connectivity index (χ0n) is 11.8. The minimum atomic E-state index is 0.0608. The van der Waals surface area contributed by atoms with Crippen LogP contribution in [0.25, 0.3) is 0 Å². The van der Waals surface area contributed by atoms with Crippen LogP contribution in [0, 0.1) is 11.8 Å². The molecule has 1 heterocycles. The van der Waals surface area contributed by atoms with Gasteiger partial charge in [-0.1, -0.05) is 24.8 Å². The van der Waals surface area contributed by atoms with Gasteiger partial charge in [0.1, 0.15) is 0 Å². The Morgan fingerprint density at radius 2 is 2.00 bits per heavy atom. The predicted molar refractivity (Wildman–Crippen MR) is 81.6 cm³/mol. The lowest BCUT2D eigenvalue weighted by Crippen LogP contribution is -2.32. The molecule has 0 spiro atoms. The standard InChI is InChI=1S/C17H22N2O/c1-13(15-7-8-15)17(20)18-11-14-9-10-19(12-14)16-5-3-2-4-6-16/h2-6,14-15H,1,7-12H2,(H,18,20). The van der Waals surface area contributed by atoms with Gasteiger partial charge in [-0.15, -0.1) is 0 Å². The van der Waals surface area contributed by atoms with Crippen molar-refractivity contribution in [1.82, 2.24) is 5.32 Å². The van der Waals surface area contributed by atoms with Crippen LogP contribution in [-0.4, -0.2) is 25.5 Å². The summed E-state index contributed by atoms with van der Waals surface area (Å²) < 4.78 is 0. The van der Waals surface area contributed by atoms with E-state index in [9.17, 15) is 4.79 Å². The first-order valence-electron chi connectivity index (χ1n) is 7.51. The molecule has 3 nitrogen and oxygen atoms in total. The summed E-state index contributed by atoms with van der Waals surface area (Å²) in [5.41, 5.74) is 2.06. The third-order valence-electron chi connectivity index (χ3n) is 4.32. The van der Waals surface area contributed by atoms with Crippen molar-refractivity contribution in [2.45, 2.75) is 19.3 Å². The van der Waals surface area contributed by atoms with Crippen LogP contribution >= 0.6 is 0 Å². The van der Waals surface area contributed by atoms with Crippen molar-refractivity contribution in [3.8, 4) is 0 Å². The maximum atomic E-state index is 11.9. The van der Waals surface area contributed by atoms with Crippen molar-refractivity contribution < 1.29 is 4.79 Å². The van der Waals surface area contributed by atoms with Crippen LogP contribution in [0.4, 0.5) is 5.69 Å². The molecule has 1 unspecified atom stereocenters. The molecule has 1 N–H and O–H groups in total. The van der Waals surface area contributed by atoms with Crippen LogP contribution < -0.4 is 10.2 Å². The first kappa shape index (κ1) is 13.2. The lowest BCUT2D eigenvalue weighted by molar-refractivity contribution is -0.117. The monoisotopic (exact) mass is 270 g/mol. The predicted octanol–water partition coefficient (Wildman–Crippen LogP) is 2.60. The van der Waals surface area contributed by atoms with Crippen molar-refractivity contribution in [2.24, 2.45) is 11.8 Å². The maximum Gasteiger partial charge on any atom is 0.246 e. The van der Waals surface area contributed by atoms with Gasteiger partial charge >= 0.3 is 0 Å². The molecule has 2 aliphatic rings. The summed E-state index contributed by atoms with van der Waals surface area (Å²) in [6.45, 7) is 6.78. The molecule has 1 saturated carbocycles. The first-order chi connectivity index (χ1) is 9.74. The summed E-state index contributed by atoms with van der Waals surface area (Å²) in [5, 5.41) is 3.05. The molecular formula is C17H22N2O. The molecule has 1 aromatic rings. The van der Waals surface area contributed by atoms with Crippen LogP contribution in [0.15, 0.2) is 42.5 Å². The number of para-hydroxylation sites is 1. The fourth-order valence-corrected chi connectivity index (χ4v) is 2.84. The van der Waals surface area contributed by atoms with E-state index in [1.54, 1.807) is 0 Å². The van der Waals surface area contributed by atoms with Crippen LogP contribution in [0.3, 0.4) is 0 Å². The highest BCUT2D eigenvalue weighted by atomic mass is 16.1. The number of hydrogen-bond donors (Lipinski definition) is 1. The van der Waals surface area contributed by atoms with Gasteiger partial charge in [0.2, 0.25) is 5.91 Å². The average Bonchev–Trinajstić information content (AvgIpc) is 3.23. The number of hydrogen-bond acceptors (Lipinski definition) is 2. The zero-order valence-corrected chi connectivity index (χ0v) is 11.8. The molecule has 1 aliphatic heterocycles.